The van der Waals surface area contributed by atoms with Crippen LogP contribution < -0.4 is 5.32 Å². The van der Waals surface area contributed by atoms with E-state index in [-0.39, 0.29) is 5.91 Å². The van der Waals surface area contributed by atoms with Gasteiger partial charge in [0.05, 0.1) is 6.54 Å². The molecule has 1 rings (SSSR count). The van der Waals surface area contributed by atoms with Crippen molar-refractivity contribution in [2.75, 3.05) is 39.3 Å². The van der Waals surface area contributed by atoms with E-state index in [4.69, 9.17) is 0 Å². The summed E-state index contributed by atoms with van der Waals surface area (Å²) in [5, 5.41) is 3.02. The molecular formula is C13H27N3O. The fourth-order valence-corrected chi connectivity index (χ4v) is 2.11. The molecule has 0 aliphatic carbocycles. The molecule has 1 heterocycles. The molecule has 1 N–H and O–H groups in total. The Morgan fingerprint density at radius 2 is 1.76 bits per heavy atom. The quantitative estimate of drug-likeness (QED) is 0.751. The van der Waals surface area contributed by atoms with Crippen molar-refractivity contribution in [3.05, 3.63) is 0 Å². The Morgan fingerprint density at radius 3 is 2.29 bits per heavy atom. The molecule has 0 aromatic carbocycles. The van der Waals surface area contributed by atoms with Crippen LogP contribution in [0.15, 0.2) is 0 Å². The second kappa shape index (κ2) is 7.67. The molecule has 1 aliphatic rings. The summed E-state index contributed by atoms with van der Waals surface area (Å²) >= 11 is 0. The Morgan fingerprint density at radius 1 is 1.18 bits per heavy atom. The maximum atomic E-state index is 11.7. The van der Waals surface area contributed by atoms with Crippen LogP contribution in [-0.4, -0.2) is 61.0 Å². The average Bonchev–Trinajstić information content (AvgIpc) is 2.31. The van der Waals surface area contributed by atoms with E-state index < -0.39 is 0 Å². The summed E-state index contributed by atoms with van der Waals surface area (Å²) < 4.78 is 0. The van der Waals surface area contributed by atoms with Crippen LogP contribution in [0.2, 0.25) is 0 Å². The molecule has 0 aromatic heterocycles. The first kappa shape index (κ1) is 14.5. The van der Waals surface area contributed by atoms with Gasteiger partial charge in [0, 0.05) is 32.2 Å². The van der Waals surface area contributed by atoms with E-state index in [0.29, 0.717) is 12.6 Å². The van der Waals surface area contributed by atoms with Gasteiger partial charge in [-0.05, 0) is 26.3 Å². The third-order valence-corrected chi connectivity index (χ3v) is 3.39. The Labute approximate surface area is 105 Å². The molecule has 0 saturated carbocycles. The first-order valence-corrected chi connectivity index (χ1v) is 6.89. The maximum absolute atomic E-state index is 11.7. The van der Waals surface area contributed by atoms with Gasteiger partial charge in [-0.1, -0.05) is 13.8 Å². The van der Waals surface area contributed by atoms with E-state index in [9.17, 15) is 4.79 Å². The molecule has 0 aromatic rings. The van der Waals surface area contributed by atoms with Gasteiger partial charge in [-0.2, -0.15) is 0 Å². The molecule has 0 spiro atoms. The lowest BCUT2D eigenvalue weighted by Gasteiger charge is -2.34. The Hall–Kier alpha value is -0.610. The predicted molar refractivity (Wildman–Crippen MR) is 71.1 cm³/mol. The zero-order valence-electron chi connectivity index (χ0n) is 11.5. The van der Waals surface area contributed by atoms with E-state index in [2.05, 4.69) is 35.9 Å². The first-order valence-electron chi connectivity index (χ1n) is 6.89. The van der Waals surface area contributed by atoms with E-state index in [1.54, 1.807) is 0 Å². The van der Waals surface area contributed by atoms with Crippen LogP contribution in [0.5, 0.6) is 0 Å². The molecule has 1 amide bonds. The van der Waals surface area contributed by atoms with E-state index in [1.165, 1.54) is 13.0 Å². The molecule has 17 heavy (non-hydrogen) atoms. The van der Waals surface area contributed by atoms with Gasteiger partial charge in [-0.15, -0.1) is 0 Å². The fourth-order valence-electron chi connectivity index (χ4n) is 2.11. The number of hydrogen-bond donors (Lipinski definition) is 1. The van der Waals surface area contributed by atoms with Crippen molar-refractivity contribution in [1.29, 1.82) is 0 Å². The highest BCUT2D eigenvalue weighted by atomic mass is 16.2. The minimum Gasteiger partial charge on any atom is -0.353 e. The summed E-state index contributed by atoms with van der Waals surface area (Å²) in [6.45, 7) is 12.4. The van der Waals surface area contributed by atoms with Crippen LogP contribution in [-0.2, 0) is 4.79 Å². The highest BCUT2D eigenvalue weighted by Crippen LogP contribution is 2.02. The Kier molecular flexibility index (Phi) is 6.52. The molecule has 1 atom stereocenters. The van der Waals surface area contributed by atoms with Crippen molar-refractivity contribution in [1.82, 2.24) is 15.1 Å². The summed E-state index contributed by atoms with van der Waals surface area (Å²) in [7, 11) is 0. The summed E-state index contributed by atoms with van der Waals surface area (Å²) in [4.78, 5) is 16.5. The Balaban J connectivity index is 2.19. The van der Waals surface area contributed by atoms with Crippen LogP contribution in [0.25, 0.3) is 0 Å². The number of carbonyl (C=O) groups excluding carboxylic acids is 1. The van der Waals surface area contributed by atoms with Crippen molar-refractivity contribution in [2.24, 2.45) is 0 Å². The average molecular weight is 241 g/mol. The normalized spacial score (nSPS) is 20.2. The van der Waals surface area contributed by atoms with Gasteiger partial charge in [0.25, 0.3) is 0 Å². The van der Waals surface area contributed by atoms with Gasteiger partial charge < -0.3 is 10.2 Å². The van der Waals surface area contributed by atoms with Crippen LogP contribution in [0.3, 0.4) is 0 Å². The highest BCUT2D eigenvalue weighted by molar-refractivity contribution is 5.78. The summed E-state index contributed by atoms with van der Waals surface area (Å²) in [6, 6.07) is 0.295. The minimum atomic E-state index is 0.170. The van der Waals surface area contributed by atoms with Gasteiger partial charge in [0.15, 0.2) is 0 Å². The molecule has 1 unspecified atom stereocenters. The lowest BCUT2D eigenvalue weighted by Crippen LogP contribution is -2.50. The number of piperazine rings is 1. The zero-order valence-corrected chi connectivity index (χ0v) is 11.5. The molecule has 1 fully saturated rings. The molecule has 4 heteroatoms. The monoisotopic (exact) mass is 241 g/mol. The van der Waals surface area contributed by atoms with Gasteiger partial charge >= 0.3 is 0 Å². The standard InChI is InChI=1S/C13H27N3O/c1-4-6-15-7-9-16(10-8-15)11-13(17)14-12(3)5-2/h12H,4-11H2,1-3H3,(H,14,17). The third kappa shape index (κ3) is 5.50. The molecule has 100 valence electrons. The SMILES string of the molecule is CCCN1CCN(CC(=O)NC(C)CC)CC1. The smallest absolute Gasteiger partial charge is 0.234 e. The largest absolute Gasteiger partial charge is 0.353 e. The molecule has 0 radical (unpaired) electrons. The second-order valence-corrected chi connectivity index (χ2v) is 4.99. The van der Waals surface area contributed by atoms with Crippen molar-refractivity contribution < 1.29 is 4.79 Å². The topological polar surface area (TPSA) is 35.6 Å². The van der Waals surface area contributed by atoms with Gasteiger partial charge in [-0.25, -0.2) is 0 Å². The number of hydrogen-bond acceptors (Lipinski definition) is 3. The van der Waals surface area contributed by atoms with E-state index in [1.807, 2.05) is 0 Å². The van der Waals surface area contributed by atoms with Crippen molar-refractivity contribution in [2.45, 2.75) is 39.7 Å². The summed E-state index contributed by atoms with van der Waals surface area (Å²) in [5.41, 5.74) is 0. The maximum Gasteiger partial charge on any atom is 0.234 e. The molecule has 1 aliphatic heterocycles. The number of nitrogens with one attached hydrogen (secondary N) is 1. The fraction of sp³-hybridized carbons (Fsp3) is 0.923. The summed E-state index contributed by atoms with van der Waals surface area (Å²) in [6.07, 6.45) is 2.21. The van der Waals surface area contributed by atoms with Gasteiger partial charge in [0.1, 0.15) is 0 Å². The second-order valence-electron chi connectivity index (χ2n) is 4.99. The lowest BCUT2D eigenvalue weighted by atomic mass is 10.2. The minimum absolute atomic E-state index is 0.170. The molecule has 0 bridgehead atoms. The van der Waals surface area contributed by atoms with E-state index in [0.717, 1.165) is 32.6 Å². The summed E-state index contributed by atoms with van der Waals surface area (Å²) in [5.74, 6) is 0.170. The first-order chi connectivity index (χ1) is 8.15. The Bertz CT molecular complexity index is 225. The number of carbonyl (C=O) groups is 1. The van der Waals surface area contributed by atoms with Crippen molar-refractivity contribution >= 4 is 5.91 Å². The van der Waals surface area contributed by atoms with Crippen LogP contribution in [0, 0.1) is 0 Å². The molecule has 4 nitrogen and oxygen atoms in total. The van der Waals surface area contributed by atoms with Gasteiger partial charge in [0.2, 0.25) is 5.91 Å². The van der Waals surface area contributed by atoms with Crippen molar-refractivity contribution in [3.63, 3.8) is 0 Å². The van der Waals surface area contributed by atoms with Crippen LogP contribution >= 0.6 is 0 Å². The highest BCUT2D eigenvalue weighted by Gasteiger charge is 2.18. The lowest BCUT2D eigenvalue weighted by molar-refractivity contribution is -0.123. The van der Waals surface area contributed by atoms with E-state index >= 15 is 0 Å². The molecular weight excluding hydrogens is 214 g/mol. The third-order valence-electron chi connectivity index (χ3n) is 3.39. The van der Waals surface area contributed by atoms with Crippen LogP contribution in [0.1, 0.15) is 33.6 Å². The zero-order chi connectivity index (χ0) is 12.7. The van der Waals surface area contributed by atoms with Crippen molar-refractivity contribution in [3.8, 4) is 0 Å². The van der Waals surface area contributed by atoms with Gasteiger partial charge in [-0.3, -0.25) is 9.69 Å². The number of rotatable bonds is 6. The van der Waals surface area contributed by atoms with Crippen LogP contribution in [0.4, 0.5) is 0 Å². The predicted octanol–water partition coefficient (Wildman–Crippen LogP) is 0.929. The number of nitrogens with zero attached hydrogens (tertiary/aromatic N) is 2. The molecule has 1 saturated heterocycles. The number of amides is 1.